The fourth-order valence-electron chi connectivity index (χ4n) is 2.74. The predicted octanol–water partition coefficient (Wildman–Crippen LogP) is 4.59. The van der Waals surface area contributed by atoms with Gasteiger partial charge in [0.2, 0.25) is 0 Å². The van der Waals surface area contributed by atoms with Crippen LogP contribution in [0.4, 0.5) is 4.79 Å². The number of halogens is 2. The van der Waals surface area contributed by atoms with Crippen LogP contribution in [0.3, 0.4) is 0 Å². The van der Waals surface area contributed by atoms with Crippen molar-refractivity contribution in [2.75, 3.05) is 13.2 Å². The van der Waals surface area contributed by atoms with Gasteiger partial charge in [0.05, 0.1) is 35.3 Å². The number of hydrogen-bond acceptors (Lipinski definition) is 4. The zero-order valence-corrected chi connectivity index (χ0v) is 16.4. The Morgan fingerprint density at radius 2 is 1.96 bits per heavy atom. The van der Waals surface area contributed by atoms with E-state index in [0.29, 0.717) is 17.2 Å². The molecule has 1 saturated heterocycles. The van der Waals surface area contributed by atoms with E-state index in [-0.39, 0.29) is 29.9 Å². The van der Waals surface area contributed by atoms with Crippen LogP contribution in [0.25, 0.3) is 0 Å². The summed E-state index contributed by atoms with van der Waals surface area (Å²) in [6.07, 6.45) is -0.359. The highest BCUT2D eigenvalue weighted by Crippen LogP contribution is 2.28. The van der Waals surface area contributed by atoms with Crippen molar-refractivity contribution in [3.05, 3.63) is 33.8 Å². The number of carbonyl (C=O) groups excluding carboxylic acids is 2. The van der Waals surface area contributed by atoms with Crippen molar-refractivity contribution in [3.8, 4) is 0 Å². The maximum Gasteiger partial charge on any atom is 0.410 e. The number of carbonyl (C=O) groups is 2. The molecular weight excluding hydrogens is 365 g/mol. The highest BCUT2D eigenvalue weighted by atomic mass is 35.5. The molecule has 1 fully saturated rings. The Balaban J connectivity index is 2.18. The van der Waals surface area contributed by atoms with Crippen molar-refractivity contribution in [1.82, 2.24) is 4.90 Å². The van der Waals surface area contributed by atoms with Crippen molar-refractivity contribution < 1.29 is 19.1 Å². The normalized spacial score (nSPS) is 21.1. The first-order valence-electron chi connectivity index (χ1n) is 8.16. The summed E-state index contributed by atoms with van der Waals surface area (Å²) in [5.74, 6) is -0.191. The summed E-state index contributed by atoms with van der Waals surface area (Å²) >= 11 is 12.1. The molecular formula is C18H23Cl2NO4. The van der Waals surface area contributed by atoms with Crippen molar-refractivity contribution in [2.24, 2.45) is 0 Å². The van der Waals surface area contributed by atoms with Gasteiger partial charge in [0.25, 0.3) is 0 Å². The number of ether oxygens (including phenoxy) is 2. The number of rotatable bonds is 3. The van der Waals surface area contributed by atoms with Gasteiger partial charge < -0.3 is 9.47 Å². The lowest BCUT2D eigenvalue weighted by molar-refractivity contribution is -0.0558. The lowest BCUT2D eigenvalue weighted by Crippen LogP contribution is -2.55. The average Bonchev–Trinajstić information content (AvgIpc) is 2.48. The monoisotopic (exact) mass is 387 g/mol. The lowest BCUT2D eigenvalue weighted by Gasteiger charge is -2.40. The van der Waals surface area contributed by atoms with E-state index in [4.69, 9.17) is 32.7 Å². The summed E-state index contributed by atoms with van der Waals surface area (Å²) in [6.45, 7) is 7.97. The molecule has 1 aliphatic heterocycles. The molecule has 2 atom stereocenters. The second kappa shape index (κ2) is 7.94. The Morgan fingerprint density at radius 3 is 2.60 bits per heavy atom. The Bertz CT molecular complexity index is 657. The Morgan fingerprint density at radius 1 is 1.28 bits per heavy atom. The van der Waals surface area contributed by atoms with Gasteiger partial charge in [-0.2, -0.15) is 0 Å². The Kier molecular flexibility index (Phi) is 6.35. The van der Waals surface area contributed by atoms with Gasteiger partial charge in [-0.1, -0.05) is 29.3 Å². The number of hydrogen-bond donors (Lipinski definition) is 0. The van der Waals surface area contributed by atoms with Gasteiger partial charge in [-0.25, -0.2) is 4.79 Å². The molecule has 0 radical (unpaired) electrons. The van der Waals surface area contributed by atoms with Crippen LogP contribution in [-0.4, -0.2) is 47.7 Å². The number of morpholine rings is 1. The molecule has 138 valence electrons. The van der Waals surface area contributed by atoms with E-state index >= 15 is 0 Å². The van der Waals surface area contributed by atoms with Crippen molar-refractivity contribution in [2.45, 2.75) is 51.8 Å². The van der Waals surface area contributed by atoms with Crippen LogP contribution < -0.4 is 0 Å². The molecule has 0 N–H and O–H groups in total. The van der Waals surface area contributed by atoms with E-state index < -0.39 is 17.7 Å². The van der Waals surface area contributed by atoms with E-state index in [0.717, 1.165) is 0 Å². The lowest BCUT2D eigenvalue weighted by atomic mass is 10.0. The van der Waals surface area contributed by atoms with E-state index in [2.05, 4.69) is 0 Å². The summed E-state index contributed by atoms with van der Waals surface area (Å²) < 4.78 is 11.0. The van der Waals surface area contributed by atoms with Crippen molar-refractivity contribution in [3.63, 3.8) is 0 Å². The molecule has 0 spiro atoms. The molecule has 1 heterocycles. The van der Waals surface area contributed by atoms with Crippen LogP contribution in [0.15, 0.2) is 18.2 Å². The molecule has 1 amide bonds. The summed E-state index contributed by atoms with van der Waals surface area (Å²) in [5, 5.41) is 0.549. The molecule has 0 saturated carbocycles. The quantitative estimate of drug-likeness (QED) is 0.711. The largest absolute Gasteiger partial charge is 0.444 e. The van der Waals surface area contributed by atoms with Crippen LogP contribution in [0.5, 0.6) is 0 Å². The number of benzene rings is 1. The number of nitrogens with zero attached hydrogens (tertiary/aromatic N) is 1. The molecule has 0 aromatic heterocycles. The van der Waals surface area contributed by atoms with E-state index in [9.17, 15) is 9.59 Å². The Hall–Kier alpha value is -1.30. The summed E-state index contributed by atoms with van der Waals surface area (Å²) in [5.41, 5.74) is -0.267. The van der Waals surface area contributed by atoms with Crippen molar-refractivity contribution >= 4 is 35.1 Å². The first-order chi connectivity index (χ1) is 11.6. The molecule has 5 nitrogen and oxygen atoms in total. The van der Waals surface area contributed by atoms with Gasteiger partial charge >= 0.3 is 6.09 Å². The van der Waals surface area contributed by atoms with Crippen molar-refractivity contribution in [1.29, 1.82) is 0 Å². The molecule has 7 heteroatoms. The fourth-order valence-corrected chi connectivity index (χ4v) is 3.15. The third-order valence-corrected chi connectivity index (χ3v) is 4.63. The molecule has 1 aliphatic rings. The van der Waals surface area contributed by atoms with E-state index in [1.165, 1.54) is 0 Å². The van der Waals surface area contributed by atoms with Crippen LogP contribution >= 0.6 is 23.2 Å². The summed E-state index contributed by atoms with van der Waals surface area (Å²) in [7, 11) is 0. The topological polar surface area (TPSA) is 55.8 Å². The average molecular weight is 388 g/mol. The summed E-state index contributed by atoms with van der Waals surface area (Å²) in [6, 6.07) is 4.32. The molecule has 2 rings (SSSR count). The molecule has 1 aromatic rings. The second-order valence-electron chi connectivity index (χ2n) is 7.16. The highest BCUT2D eigenvalue weighted by Gasteiger charge is 2.36. The first-order valence-corrected chi connectivity index (χ1v) is 8.92. The van der Waals surface area contributed by atoms with Gasteiger partial charge in [-0.15, -0.1) is 0 Å². The van der Waals surface area contributed by atoms with Crippen LogP contribution in [0, 0.1) is 0 Å². The third kappa shape index (κ3) is 5.09. The third-order valence-electron chi connectivity index (χ3n) is 3.81. The minimum atomic E-state index is -0.611. The summed E-state index contributed by atoms with van der Waals surface area (Å²) in [4.78, 5) is 26.8. The molecule has 1 aromatic carbocycles. The maximum atomic E-state index is 12.7. The maximum absolute atomic E-state index is 12.7. The van der Waals surface area contributed by atoms with E-state index in [1.807, 2.05) is 27.7 Å². The van der Waals surface area contributed by atoms with E-state index in [1.54, 1.807) is 23.1 Å². The molecule has 0 bridgehead atoms. The minimum Gasteiger partial charge on any atom is -0.444 e. The number of amides is 1. The van der Waals surface area contributed by atoms with Gasteiger partial charge in [-0.05, 0) is 39.8 Å². The first kappa shape index (κ1) is 20.0. The molecule has 0 aliphatic carbocycles. The number of Topliss-reactive ketones (excluding diaryl/α,β-unsaturated/α-hetero) is 1. The van der Waals surface area contributed by atoms with Gasteiger partial charge in [-0.3, -0.25) is 9.69 Å². The van der Waals surface area contributed by atoms with Crippen LogP contribution in [-0.2, 0) is 9.47 Å². The predicted molar refractivity (Wildman–Crippen MR) is 97.6 cm³/mol. The smallest absolute Gasteiger partial charge is 0.410 e. The highest BCUT2D eigenvalue weighted by molar-refractivity contribution is 6.43. The molecule has 25 heavy (non-hydrogen) atoms. The van der Waals surface area contributed by atoms with Gasteiger partial charge in [0, 0.05) is 12.0 Å². The second-order valence-corrected chi connectivity index (χ2v) is 7.94. The SMILES string of the molecule is CC1COCC(CC(=O)c2cccc(Cl)c2Cl)N1C(=O)OC(C)(C)C. The minimum absolute atomic E-state index is 0.0869. The number of ketones is 1. The standard InChI is InChI=1S/C18H23Cl2NO4/c1-11-9-24-10-12(21(11)17(23)25-18(2,3)4)8-15(22)13-6-5-7-14(19)16(13)20/h5-7,11-12H,8-10H2,1-4H3. The van der Waals surface area contributed by atoms with Crippen LogP contribution in [0.1, 0.15) is 44.5 Å². The zero-order chi connectivity index (χ0) is 18.8. The molecule has 2 unspecified atom stereocenters. The zero-order valence-electron chi connectivity index (χ0n) is 14.8. The Labute approximate surface area is 158 Å². The van der Waals surface area contributed by atoms with Crippen LogP contribution in [0.2, 0.25) is 10.0 Å². The van der Waals surface area contributed by atoms with Gasteiger partial charge in [0.15, 0.2) is 5.78 Å². The fraction of sp³-hybridized carbons (Fsp3) is 0.556. The van der Waals surface area contributed by atoms with Gasteiger partial charge in [0.1, 0.15) is 5.60 Å².